The van der Waals surface area contributed by atoms with E-state index in [0.29, 0.717) is 0 Å². The molecule has 0 heterocycles. The van der Waals surface area contributed by atoms with Crippen LogP contribution in [0, 0.1) is 5.41 Å². The molecule has 2 N–H and O–H groups in total. The third kappa shape index (κ3) is 11.0. The predicted molar refractivity (Wildman–Crippen MR) is 78.7 cm³/mol. The Hall–Kier alpha value is -0.0800. The van der Waals surface area contributed by atoms with E-state index in [-0.39, 0.29) is 18.1 Å². The van der Waals surface area contributed by atoms with Crippen LogP contribution < -0.4 is 0 Å². The van der Waals surface area contributed by atoms with Crippen LogP contribution in [-0.2, 0) is 0 Å². The van der Waals surface area contributed by atoms with Crippen LogP contribution in [0.4, 0.5) is 0 Å². The maximum absolute atomic E-state index is 9.81. The topological polar surface area (TPSA) is 40.5 Å². The smallest absolute Gasteiger partial charge is 0.0540 e. The van der Waals surface area contributed by atoms with Crippen molar-refractivity contribution in [1.29, 1.82) is 0 Å². The summed E-state index contributed by atoms with van der Waals surface area (Å²) in [6.45, 7) is 6.70. The summed E-state index contributed by atoms with van der Waals surface area (Å²) in [6, 6.07) is 0. The highest BCUT2D eigenvalue weighted by atomic mass is 16.3. The van der Waals surface area contributed by atoms with E-state index in [9.17, 15) is 5.11 Å². The molecule has 0 aliphatic carbocycles. The van der Waals surface area contributed by atoms with Crippen molar-refractivity contribution in [3.05, 3.63) is 0 Å². The molecule has 18 heavy (non-hydrogen) atoms. The van der Waals surface area contributed by atoms with Crippen LogP contribution in [0.1, 0.15) is 85.0 Å². The SMILES string of the molecule is CCCCCCC(O)CCCCCC(C)(C)CO. The summed E-state index contributed by atoms with van der Waals surface area (Å²) in [7, 11) is 0. The monoisotopic (exact) mass is 258 g/mol. The van der Waals surface area contributed by atoms with Gasteiger partial charge in [0, 0.05) is 6.61 Å². The zero-order chi connectivity index (χ0) is 13.9. The molecule has 0 radical (unpaired) electrons. The molecule has 0 spiro atoms. The summed E-state index contributed by atoms with van der Waals surface area (Å²) in [5, 5.41) is 19.0. The summed E-state index contributed by atoms with van der Waals surface area (Å²) in [4.78, 5) is 0. The van der Waals surface area contributed by atoms with Gasteiger partial charge in [-0.1, -0.05) is 65.7 Å². The molecule has 2 nitrogen and oxygen atoms in total. The minimum Gasteiger partial charge on any atom is -0.396 e. The molecule has 0 saturated carbocycles. The summed E-state index contributed by atoms with van der Waals surface area (Å²) in [5.74, 6) is 0. The molecule has 0 fully saturated rings. The van der Waals surface area contributed by atoms with E-state index in [2.05, 4.69) is 20.8 Å². The highest BCUT2D eigenvalue weighted by Crippen LogP contribution is 2.23. The minimum absolute atomic E-state index is 0.0682. The van der Waals surface area contributed by atoms with Crippen LogP contribution in [0.25, 0.3) is 0 Å². The summed E-state index contributed by atoms with van der Waals surface area (Å²) >= 11 is 0. The fourth-order valence-electron chi connectivity index (χ4n) is 2.19. The normalized spacial score (nSPS) is 13.8. The lowest BCUT2D eigenvalue weighted by atomic mass is 9.88. The van der Waals surface area contributed by atoms with E-state index in [1.54, 1.807) is 0 Å². The lowest BCUT2D eigenvalue weighted by Crippen LogP contribution is -2.16. The molecule has 110 valence electrons. The van der Waals surface area contributed by atoms with Crippen molar-refractivity contribution < 1.29 is 10.2 Å². The number of aliphatic hydroxyl groups is 2. The predicted octanol–water partition coefficient (Wildman–Crippen LogP) is 4.29. The highest BCUT2D eigenvalue weighted by Gasteiger charge is 2.15. The number of hydrogen-bond acceptors (Lipinski definition) is 2. The van der Waals surface area contributed by atoms with Crippen LogP contribution in [0.5, 0.6) is 0 Å². The zero-order valence-corrected chi connectivity index (χ0v) is 12.7. The molecular weight excluding hydrogens is 224 g/mol. The van der Waals surface area contributed by atoms with Gasteiger partial charge in [0.2, 0.25) is 0 Å². The average Bonchev–Trinajstić information content (AvgIpc) is 2.34. The molecule has 0 bridgehead atoms. The fourth-order valence-corrected chi connectivity index (χ4v) is 2.19. The third-order valence-corrected chi connectivity index (χ3v) is 3.71. The second-order valence-electron chi connectivity index (χ2n) is 6.42. The van der Waals surface area contributed by atoms with Gasteiger partial charge < -0.3 is 10.2 Å². The molecular formula is C16H34O2. The first-order valence-corrected chi connectivity index (χ1v) is 7.81. The molecule has 1 unspecified atom stereocenters. The molecule has 0 amide bonds. The van der Waals surface area contributed by atoms with Gasteiger partial charge in [-0.3, -0.25) is 0 Å². The van der Waals surface area contributed by atoms with Gasteiger partial charge in [-0.25, -0.2) is 0 Å². The Labute approximate surface area is 114 Å². The molecule has 0 aliphatic rings. The lowest BCUT2D eigenvalue weighted by Gasteiger charge is -2.21. The van der Waals surface area contributed by atoms with Crippen molar-refractivity contribution in [3.63, 3.8) is 0 Å². The van der Waals surface area contributed by atoms with Crippen molar-refractivity contribution in [2.75, 3.05) is 6.61 Å². The number of unbranched alkanes of at least 4 members (excludes halogenated alkanes) is 5. The standard InChI is InChI=1S/C16H34O2/c1-4-5-6-8-11-15(18)12-9-7-10-13-16(2,3)14-17/h15,17-18H,4-14H2,1-3H3. The van der Waals surface area contributed by atoms with E-state index in [0.717, 1.165) is 32.1 Å². The van der Waals surface area contributed by atoms with E-state index in [4.69, 9.17) is 5.11 Å². The van der Waals surface area contributed by atoms with Gasteiger partial charge in [0.1, 0.15) is 0 Å². The van der Waals surface area contributed by atoms with E-state index >= 15 is 0 Å². The Kier molecular flexibility index (Phi) is 10.8. The Bertz CT molecular complexity index is 178. The molecule has 0 aromatic rings. The molecule has 0 aliphatic heterocycles. The minimum atomic E-state index is -0.0901. The Morgan fingerprint density at radius 1 is 0.889 bits per heavy atom. The van der Waals surface area contributed by atoms with Gasteiger partial charge in [-0.2, -0.15) is 0 Å². The quantitative estimate of drug-likeness (QED) is 0.513. The van der Waals surface area contributed by atoms with Gasteiger partial charge in [0.15, 0.2) is 0 Å². The van der Waals surface area contributed by atoms with Crippen LogP contribution in [0.15, 0.2) is 0 Å². The highest BCUT2D eigenvalue weighted by molar-refractivity contribution is 4.67. The summed E-state index contributed by atoms with van der Waals surface area (Å²) < 4.78 is 0. The van der Waals surface area contributed by atoms with Crippen molar-refractivity contribution in [3.8, 4) is 0 Å². The van der Waals surface area contributed by atoms with Gasteiger partial charge >= 0.3 is 0 Å². The fraction of sp³-hybridized carbons (Fsp3) is 1.00. The van der Waals surface area contributed by atoms with Crippen LogP contribution in [0.2, 0.25) is 0 Å². The number of hydrogen-bond donors (Lipinski definition) is 2. The maximum atomic E-state index is 9.81. The van der Waals surface area contributed by atoms with Gasteiger partial charge in [0.25, 0.3) is 0 Å². The van der Waals surface area contributed by atoms with Crippen LogP contribution in [0.3, 0.4) is 0 Å². The second kappa shape index (κ2) is 10.8. The largest absolute Gasteiger partial charge is 0.396 e. The Morgan fingerprint density at radius 3 is 1.94 bits per heavy atom. The van der Waals surface area contributed by atoms with Crippen molar-refractivity contribution >= 4 is 0 Å². The number of rotatable bonds is 12. The summed E-state index contributed by atoms with van der Waals surface area (Å²) in [5.41, 5.74) is 0.0682. The Morgan fingerprint density at radius 2 is 1.44 bits per heavy atom. The first-order valence-electron chi connectivity index (χ1n) is 7.81. The van der Waals surface area contributed by atoms with Crippen molar-refractivity contribution in [2.45, 2.75) is 91.1 Å². The van der Waals surface area contributed by atoms with E-state index in [1.165, 1.54) is 32.1 Å². The molecule has 2 heteroatoms. The lowest BCUT2D eigenvalue weighted by molar-refractivity contribution is 0.138. The third-order valence-electron chi connectivity index (χ3n) is 3.71. The van der Waals surface area contributed by atoms with Crippen molar-refractivity contribution in [1.82, 2.24) is 0 Å². The molecule has 1 atom stereocenters. The summed E-state index contributed by atoms with van der Waals surface area (Å²) in [6.07, 6.45) is 11.4. The van der Waals surface area contributed by atoms with Crippen molar-refractivity contribution in [2.24, 2.45) is 5.41 Å². The first-order chi connectivity index (χ1) is 8.52. The maximum Gasteiger partial charge on any atom is 0.0540 e. The van der Waals surface area contributed by atoms with Crippen LogP contribution in [-0.4, -0.2) is 22.9 Å². The van der Waals surface area contributed by atoms with Gasteiger partial charge in [-0.15, -0.1) is 0 Å². The molecule has 0 aromatic carbocycles. The number of aliphatic hydroxyl groups excluding tert-OH is 2. The van der Waals surface area contributed by atoms with Gasteiger partial charge in [0.05, 0.1) is 6.10 Å². The van der Waals surface area contributed by atoms with E-state index < -0.39 is 0 Å². The first kappa shape index (κ1) is 17.9. The zero-order valence-electron chi connectivity index (χ0n) is 12.7. The van der Waals surface area contributed by atoms with E-state index in [1.807, 2.05) is 0 Å². The Balaban J connectivity index is 3.32. The molecule has 0 aromatic heterocycles. The van der Waals surface area contributed by atoms with Gasteiger partial charge in [-0.05, 0) is 24.7 Å². The molecule has 0 saturated heterocycles. The van der Waals surface area contributed by atoms with Crippen LogP contribution >= 0.6 is 0 Å². The second-order valence-corrected chi connectivity index (χ2v) is 6.42. The average molecular weight is 258 g/mol. The molecule has 0 rings (SSSR count).